The Bertz CT molecular complexity index is 615. The Balaban J connectivity index is 1.96. The number of hydrogen-bond donors (Lipinski definition) is 1. The van der Waals surface area contributed by atoms with E-state index in [1.54, 1.807) is 6.26 Å². The molecule has 0 saturated heterocycles. The quantitative estimate of drug-likeness (QED) is 0.775. The van der Waals surface area contributed by atoms with Gasteiger partial charge in [0.1, 0.15) is 11.5 Å². The first kappa shape index (κ1) is 18.1. The van der Waals surface area contributed by atoms with Crippen LogP contribution in [0.1, 0.15) is 51.4 Å². The number of furan rings is 1. The van der Waals surface area contributed by atoms with Crippen molar-refractivity contribution in [1.29, 1.82) is 0 Å². The molecule has 2 aromatic rings. The first-order valence-corrected chi connectivity index (χ1v) is 8.51. The molecule has 1 aromatic carbocycles. The molecule has 4 heteroatoms. The molecule has 0 fully saturated rings. The van der Waals surface area contributed by atoms with E-state index in [0.29, 0.717) is 18.9 Å². The predicted octanol–water partition coefficient (Wildman–Crippen LogP) is 4.51. The molecule has 1 atom stereocenters. The van der Waals surface area contributed by atoms with Crippen molar-refractivity contribution in [1.82, 2.24) is 5.32 Å². The van der Waals surface area contributed by atoms with Crippen LogP contribution in [-0.4, -0.2) is 12.0 Å². The molecule has 1 aromatic heterocycles. The van der Waals surface area contributed by atoms with Crippen molar-refractivity contribution in [2.75, 3.05) is 0 Å². The molecule has 1 amide bonds. The third-order valence-corrected chi connectivity index (χ3v) is 3.93. The van der Waals surface area contributed by atoms with E-state index >= 15 is 0 Å². The Kier molecular flexibility index (Phi) is 6.47. The number of nitrogens with one attached hydrogen (secondary N) is 1. The lowest BCUT2D eigenvalue weighted by Crippen LogP contribution is -2.25. The third kappa shape index (κ3) is 5.44. The second kappa shape index (κ2) is 8.57. The minimum atomic E-state index is 0.0348. The molecule has 0 aliphatic heterocycles. The molecule has 0 aliphatic carbocycles. The van der Waals surface area contributed by atoms with Crippen LogP contribution in [0.25, 0.3) is 0 Å². The molecule has 0 unspecified atom stereocenters. The molecular weight excluding hydrogens is 302 g/mol. The minimum Gasteiger partial charge on any atom is -0.491 e. The zero-order valence-corrected chi connectivity index (χ0v) is 14.9. The van der Waals surface area contributed by atoms with Crippen LogP contribution in [0.4, 0.5) is 0 Å². The molecule has 0 bridgehead atoms. The van der Waals surface area contributed by atoms with Gasteiger partial charge in [-0.25, -0.2) is 0 Å². The summed E-state index contributed by atoms with van der Waals surface area (Å²) in [5.41, 5.74) is 1.16. The van der Waals surface area contributed by atoms with Crippen LogP contribution < -0.4 is 10.1 Å². The first-order chi connectivity index (χ1) is 11.5. The van der Waals surface area contributed by atoms with Gasteiger partial charge in [0.05, 0.1) is 18.9 Å². The molecule has 130 valence electrons. The van der Waals surface area contributed by atoms with Crippen LogP contribution in [0, 0.1) is 5.92 Å². The lowest BCUT2D eigenvalue weighted by molar-refractivity contribution is -0.121. The van der Waals surface area contributed by atoms with Gasteiger partial charge in [-0.05, 0) is 55.5 Å². The Morgan fingerprint density at radius 3 is 2.38 bits per heavy atom. The van der Waals surface area contributed by atoms with Gasteiger partial charge >= 0.3 is 0 Å². The summed E-state index contributed by atoms with van der Waals surface area (Å²) in [6.07, 6.45) is 2.23. The summed E-state index contributed by atoms with van der Waals surface area (Å²) in [5.74, 6) is 2.21. The molecule has 0 spiro atoms. The fraction of sp³-hybridized carbons (Fsp3) is 0.450. The van der Waals surface area contributed by atoms with Crippen LogP contribution >= 0.6 is 0 Å². The monoisotopic (exact) mass is 329 g/mol. The van der Waals surface area contributed by atoms with Crippen LogP contribution in [0.3, 0.4) is 0 Å². The third-order valence-electron chi connectivity index (χ3n) is 3.93. The van der Waals surface area contributed by atoms with Gasteiger partial charge in [-0.1, -0.05) is 26.0 Å². The van der Waals surface area contributed by atoms with Crippen molar-refractivity contribution in [3.8, 4) is 5.75 Å². The predicted molar refractivity (Wildman–Crippen MR) is 95.0 cm³/mol. The summed E-state index contributed by atoms with van der Waals surface area (Å²) in [4.78, 5) is 12.3. The molecule has 0 aliphatic rings. The van der Waals surface area contributed by atoms with Gasteiger partial charge in [-0.3, -0.25) is 4.79 Å². The maximum Gasteiger partial charge on any atom is 0.220 e. The number of amides is 1. The van der Waals surface area contributed by atoms with Gasteiger partial charge in [0.2, 0.25) is 5.91 Å². The Labute approximate surface area is 144 Å². The van der Waals surface area contributed by atoms with E-state index in [-0.39, 0.29) is 17.9 Å². The fourth-order valence-electron chi connectivity index (χ4n) is 2.67. The van der Waals surface area contributed by atoms with Crippen LogP contribution in [0.2, 0.25) is 0 Å². The normalized spacial score (nSPS) is 12.4. The number of ether oxygens (including phenoxy) is 1. The molecular formula is C20H27NO3. The fourth-order valence-corrected chi connectivity index (χ4v) is 2.67. The van der Waals surface area contributed by atoms with E-state index in [2.05, 4.69) is 31.3 Å². The largest absolute Gasteiger partial charge is 0.491 e. The highest BCUT2D eigenvalue weighted by atomic mass is 16.5. The van der Waals surface area contributed by atoms with E-state index in [0.717, 1.165) is 17.1 Å². The zero-order valence-electron chi connectivity index (χ0n) is 14.9. The van der Waals surface area contributed by atoms with E-state index in [1.807, 2.05) is 38.1 Å². The highest BCUT2D eigenvalue weighted by Crippen LogP contribution is 2.29. The smallest absolute Gasteiger partial charge is 0.220 e. The number of benzene rings is 1. The summed E-state index contributed by atoms with van der Waals surface area (Å²) >= 11 is 0. The van der Waals surface area contributed by atoms with E-state index in [4.69, 9.17) is 9.15 Å². The number of rotatable bonds is 8. The lowest BCUT2D eigenvalue weighted by Gasteiger charge is -2.21. The van der Waals surface area contributed by atoms with Gasteiger partial charge in [0, 0.05) is 6.42 Å². The van der Waals surface area contributed by atoms with Crippen molar-refractivity contribution in [2.24, 2.45) is 5.92 Å². The van der Waals surface area contributed by atoms with E-state index < -0.39 is 0 Å². The maximum atomic E-state index is 12.3. The summed E-state index contributed by atoms with van der Waals surface area (Å²) in [7, 11) is 0. The van der Waals surface area contributed by atoms with Crippen molar-refractivity contribution in [3.05, 3.63) is 54.0 Å². The second-order valence-corrected chi connectivity index (χ2v) is 6.65. The average molecular weight is 329 g/mol. The Morgan fingerprint density at radius 2 is 1.83 bits per heavy atom. The highest BCUT2D eigenvalue weighted by Gasteiger charge is 2.20. The van der Waals surface area contributed by atoms with Gasteiger partial charge in [-0.15, -0.1) is 0 Å². The molecule has 4 nitrogen and oxygen atoms in total. The van der Waals surface area contributed by atoms with Crippen molar-refractivity contribution >= 4 is 5.91 Å². The Hall–Kier alpha value is -2.23. The van der Waals surface area contributed by atoms with Crippen LogP contribution in [0.15, 0.2) is 47.1 Å². The SMILES string of the molecule is CC(C)Oc1ccc([C@H](CC(=O)NCc2ccco2)C(C)C)cc1. The van der Waals surface area contributed by atoms with Gasteiger partial charge < -0.3 is 14.5 Å². The molecule has 2 rings (SSSR count). The van der Waals surface area contributed by atoms with Gasteiger partial charge in [0.25, 0.3) is 0 Å². The second-order valence-electron chi connectivity index (χ2n) is 6.65. The minimum absolute atomic E-state index is 0.0348. The topological polar surface area (TPSA) is 51.5 Å². The molecule has 24 heavy (non-hydrogen) atoms. The van der Waals surface area contributed by atoms with Crippen molar-refractivity contribution in [2.45, 2.75) is 52.7 Å². The molecule has 0 saturated carbocycles. The first-order valence-electron chi connectivity index (χ1n) is 8.51. The average Bonchev–Trinajstić information content (AvgIpc) is 3.04. The van der Waals surface area contributed by atoms with Crippen molar-refractivity contribution < 1.29 is 13.9 Å². The lowest BCUT2D eigenvalue weighted by atomic mass is 9.85. The molecule has 0 radical (unpaired) electrons. The molecule has 1 N–H and O–H groups in total. The number of carbonyl (C=O) groups excluding carboxylic acids is 1. The number of hydrogen-bond acceptors (Lipinski definition) is 3. The van der Waals surface area contributed by atoms with Gasteiger partial charge in [0.15, 0.2) is 0 Å². The Morgan fingerprint density at radius 1 is 1.12 bits per heavy atom. The summed E-state index contributed by atoms with van der Waals surface area (Å²) in [6.45, 7) is 8.73. The highest BCUT2D eigenvalue weighted by molar-refractivity contribution is 5.76. The van der Waals surface area contributed by atoms with Crippen molar-refractivity contribution in [3.63, 3.8) is 0 Å². The van der Waals surface area contributed by atoms with Gasteiger partial charge in [-0.2, -0.15) is 0 Å². The zero-order chi connectivity index (χ0) is 17.5. The van der Waals surface area contributed by atoms with E-state index in [1.165, 1.54) is 0 Å². The van der Waals surface area contributed by atoms with E-state index in [9.17, 15) is 4.79 Å². The number of carbonyl (C=O) groups is 1. The standard InChI is InChI=1S/C20H27NO3/c1-14(2)19(12-20(22)21-13-18-6-5-11-23-18)16-7-9-17(10-8-16)24-15(3)4/h5-11,14-15,19H,12-13H2,1-4H3,(H,21,22)/t19-/m1/s1. The van der Waals surface area contributed by atoms with Crippen LogP contribution in [0.5, 0.6) is 5.75 Å². The molecule has 1 heterocycles. The van der Waals surface area contributed by atoms with Crippen LogP contribution in [-0.2, 0) is 11.3 Å². The summed E-state index contributed by atoms with van der Waals surface area (Å²) in [5, 5.41) is 2.92. The summed E-state index contributed by atoms with van der Waals surface area (Å²) < 4.78 is 10.9. The summed E-state index contributed by atoms with van der Waals surface area (Å²) in [6, 6.07) is 11.7. The maximum absolute atomic E-state index is 12.3.